The standard InChI is InChI=1S/C17H34N4O/c1-4-21-9-5-8-15(21)12-20-17(18)19-11-14-7-6-10-22-16(14)13(2)3/h13-16H,4-12H2,1-3H3,(H3,18,19,20). The van der Waals surface area contributed by atoms with Gasteiger partial charge in [0.15, 0.2) is 5.96 Å². The van der Waals surface area contributed by atoms with E-state index in [0.717, 1.165) is 32.7 Å². The summed E-state index contributed by atoms with van der Waals surface area (Å²) in [5.74, 6) is 1.65. The number of nitrogens with two attached hydrogens (primary N) is 1. The summed E-state index contributed by atoms with van der Waals surface area (Å²) >= 11 is 0. The predicted molar refractivity (Wildman–Crippen MR) is 92.1 cm³/mol. The molecule has 0 spiro atoms. The van der Waals surface area contributed by atoms with E-state index in [1.165, 1.54) is 25.8 Å². The molecule has 0 bridgehead atoms. The summed E-state index contributed by atoms with van der Waals surface area (Å²) in [4.78, 5) is 7.09. The van der Waals surface area contributed by atoms with Crippen molar-refractivity contribution in [3.63, 3.8) is 0 Å². The van der Waals surface area contributed by atoms with Crippen LogP contribution in [0.1, 0.15) is 46.5 Å². The van der Waals surface area contributed by atoms with Crippen LogP contribution < -0.4 is 11.1 Å². The molecule has 2 aliphatic heterocycles. The Bertz CT molecular complexity index is 359. The van der Waals surface area contributed by atoms with Crippen molar-refractivity contribution in [3.8, 4) is 0 Å². The van der Waals surface area contributed by atoms with Gasteiger partial charge in [-0.3, -0.25) is 9.89 Å². The second-order valence-electron chi connectivity index (χ2n) is 7.01. The molecule has 0 aromatic carbocycles. The lowest BCUT2D eigenvalue weighted by Gasteiger charge is -2.33. The minimum Gasteiger partial charge on any atom is -0.378 e. The van der Waals surface area contributed by atoms with E-state index in [0.29, 0.717) is 29.9 Å². The number of nitrogens with one attached hydrogen (secondary N) is 1. The Labute approximate surface area is 135 Å². The van der Waals surface area contributed by atoms with Crippen molar-refractivity contribution < 1.29 is 4.74 Å². The molecule has 0 aliphatic carbocycles. The molecule has 0 radical (unpaired) electrons. The first-order valence-electron chi connectivity index (χ1n) is 9.01. The van der Waals surface area contributed by atoms with Gasteiger partial charge in [0.1, 0.15) is 0 Å². The van der Waals surface area contributed by atoms with E-state index >= 15 is 0 Å². The first-order valence-corrected chi connectivity index (χ1v) is 9.01. The highest BCUT2D eigenvalue weighted by atomic mass is 16.5. The Hall–Kier alpha value is -0.810. The average molecular weight is 310 g/mol. The van der Waals surface area contributed by atoms with Gasteiger partial charge in [-0.05, 0) is 44.7 Å². The summed E-state index contributed by atoms with van der Waals surface area (Å²) in [6.07, 6.45) is 5.23. The molecular weight excluding hydrogens is 276 g/mol. The van der Waals surface area contributed by atoms with Crippen molar-refractivity contribution in [2.24, 2.45) is 22.6 Å². The highest BCUT2D eigenvalue weighted by Crippen LogP contribution is 2.26. The number of likely N-dealkylation sites (tertiary alicyclic amines) is 1. The topological polar surface area (TPSA) is 62.9 Å². The zero-order valence-electron chi connectivity index (χ0n) is 14.6. The molecule has 22 heavy (non-hydrogen) atoms. The Kier molecular flexibility index (Phi) is 6.96. The van der Waals surface area contributed by atoms with Crippen LogP contribution in [0, 0.1) is 11.8 Å². The molecule has 128 valence electrons. The van der Waals surface area contributed by atoms with Crippen molar-refractivity contribution in [1.82, 2.24) is 10.2 Å². The number of guanidine groups is 1. The molecule has 5 nitrogen and oxygen atoms in total. The Morgan fingerprint density at radius 3 is 2.91 bits per heavy atom. The van der Waals surface area contributed by atoms with E-state index in [1.807, 2.05) is 0 Å². The number of likely N-dealkylation sites (N-methyl/N-ethyl adjacent to an activating group) is 1. The van der Waals surface area contributed by atoms with E-state index in [1.54, 1.807) is 0 Å². The molecule has 5 heteroatoms. The lowest BCUT2D eigenvalue weighted by atomic mass is 9.87. The smallest absolute Gasteiger partial charge is 0.188 e. The molecule has 0 amide bonds. The van der Waals surface area contributed by atoms with Gasteiger partial charge in [-0.15, -0.1) is 0 Å². The van der Waals surface area contributed by atoms with Crippen molar-refractivity contribution in [2.75, 3.05) is 32.8 Å². The minimum atomic E-state index is 0.329. The van der Waals surface area contributed by atoms with Crippen LogP contribution in [0.2, 0.25) is 0 Å². The first kappa shape index (κ1) is 17.5. The molecule has 0 saturated carbocycles. The van der Waals surface area contributed by atoms with Crippen molar-refractivity contribution in [1.29, 1.82) is 0 Å². The van der Waals surface area contributed by atoms with Gasteiger partial charge < -0.3 is 15.8 Å². The third-order valence-electron chi connectivity index (χ3n) is 5.07. The van der Waals surface area contributed by atoms with Crippen molar-refractivity contribution in [2.45, 2.75) is 58.6 Å². The zero-order valence-corrected chi connectivity index (χ0v) is 14.6. The minimum absolute atomic E-state index is 0.329. The lowest BCUT2D eigenvalue weighted by molar-refractivity contribution is -0.0491. The Morgan fingerprint density at radius 2 is 2.18 bits per heavy atom. The van der Waals surface area contributed by atoms with Gasteiger partial charge in [0.2, 0.25) is 0 Å². The highest BCUT2D eigenvalue weighted by molar-refractivity contribution is 5.77. The maximum Gasteiger partial charge on any atom is 0.188 e. The van der Waals surface area contributed by atoms with Gasteiger partial charge in [-0.25, -0.2) is 0 Å². The van der Waals surface area contributed by atoms with Crippen LogP contribution in [0.25, 0.3) is 0 Å². The third-order valence-corrected chi connectivity index (χ3v) is 5.07. The van der Waals surface area contributed by atoms with Crippen LogP contribution in [0.15, 0.2) is 4.99 Å². The second kappa shape index (κ2) is 8.73. The van der Waals surface area contributed by atoms with Crippen LogP contribution in [0.5, 0.6) is 0 Å². The van der Waals surface area contributed by atoms with E-state index in [4.69, 9.17) is 10.5 Å². The molecule has 2 aliphatic rings. The Balaban J connectivity index is 1.76. The number of ether oxygens (including phenoxy) is 1. The Morgan fingerprint density at radius 1 is 1.36 bits per heavy atom. The quantitative estimate of drug-likeness (QED) is 0.580. The summed E-state index contributed by atoms with van der Waals surface area (Å²) in [6.45, 7) is 11.6. The largest absolute Gasteiger partial charge is 0.378 e. The van der Waals surface area contributed by atoms with Gasteiger partial charge in [0.05, 0.1) is 6.10 Å². The van der Waals surface area contributed by atoms with Gasteiger partial charge in [-0.1, -0.05) is 20.8 Å². The van der Waals surface area contributed by atoms with Gasteiger partial charge in [0.25, 0.3) is 0 Å². The first-order chi connectivity index (χ1) is 10.6. The van der Waals surface area contributed by atoms with Gasteiger partial charge in [-0.2, -0.15) is 0 Å². The fraction of sp³-hybridized carbons (Fsp3) is 0.941. The van der Waals surface area contributed by atoms with E-state index in [9.17, 15) is 0 Å². The molecule has 2 fully saturated rings. The fourth-order valence-electron chi connectivity index (χ4n) is 3.83. The van der Waals surface area contributed by atoms with Crippen molar-refractivity contribution >= 4 is 5.96 Å². The molecule has 0 aromatic rings. The maximum absolute atomic E-state index is 6.06. The van der Waals surface area contributed by atoms with Crippen LogP contribution in [0.3, 0.4) is 0 Å². The summed E-state index contributed by atoms with van der Waals surface area (Å²) < 4.78 is 5.92. The third kappa shape index (κ3) is 4.85. The van der Waals surface area contributed by atoms with Gasteiger partial charge >= 0.3 is 0 Å². The number of hydrogen-bond donors (Lipinski definition) is 2. The lowest BCUT2D eigenvalue weighted by Crippen LogP contribution is -2.43. The average Bonchev–Trinajstić information content (AvgIpc) is 2.98. The van der Waals surface area contributed by atoms with E-state index < -0.39 is 0 Å². The molecule has 2 saturated heterocycles. The fourth-order valence-corrected chi connectivity index (χ4v) is 3.83. The molecular formula is C17H34N4O. The second-order valence-corrected chi connectivity index (χ2v) is 7.01. The SMILES string of the molecule is CCN1CCCC1CNC(N)=NCC1CCCOC1C(C)C. The van der Waals surface area contributed by atoms with Gasteiger partial charge in [0, 0.05) is 31.7 Å². The summed E-state index contributed by atoms with van der Waals surface area (Å²) in [5.41, 5.74) is 6.06. The predicted octanol–water partition coefficient (Wildman–Crippen LogP) is 1.83. The molecule has 3 atom stereocenters. The van der Waals surface area contributed by atoms with Crippen molar-refractivity contribution in [3.05, 3.63) is 0 Å². The maximum atomic E-state index is 6.06. The van der Waals surface area contributed by atoms with E-state index in [-0.39, 0.29) is 0 Å². The van der Waals surface area contributed by atoms with Crippen LogP contribution in [-0.4, -0.2) is 55.8 Å². The number of nitrogens with zero attached hydrogens (tertiary/aromatic N) is 2. The number of rotatable bonds is 6. The normalized spacial score (nSPS) is 30.9. The highest BCUT2D eigenvalue weighted by Gasteiger charge is 2.28. The molecule has 0 aromatic heterocycles. The monoisotopic (exact) mass is 310 g/mol. The van der Waals surface area contributed by atoms with E-state index in [2.05, 4.69) is 36.0 Å². The zero-order chi connectivity index (χ0) is 15.9. The van der Waals surface area contributed by atoms with Crippen LogP contribution in [-0.2, 0) is 4.74 Å². The molecule has 3 N–H and O–H groups in total. The summed E-state index contributed by atoms with van der Waals surface area (Å²) in [7, 11) is 0. The van der Waals surface area contributed by atoms with Crippen LogP contribution >= 0.6 is 0 Å². The molecule has 2 rings (SSSR count). The molecule has 2 heterocycles. The summed E-state index contributed by atoms with van der Waals surface area (Å²) in [5, 5.41) is 3.32. The number of hydrogen-bond acceptors (Lipinski definition) is 3. The number of aliphatic imine (C=N–C) groups is 1. The summed E-state index contributed by atoms with van der Waals surface area (Å²) in [6, 6.07) is 0.611. The molecule has 3 unspecified atom stereocenters. The van der Waals surface area contributed by atoms with Crippen LogP contribution in [0.4, 0.5) is 0 Å².